The number of primary sulfonamides is 1. The molecule has 1 aromatic rings. The number of rotatable bonds is 4. The van der Waals surface area contributed by atoms with Crippen LogP contribution in [0, 0.1) is 6.92 Å². The van der Waals surface area contributed by atoms with E-state index in [0.717, 1.165) is 19.4 Å². The first-order valence-electron chi connectivity index (χ1n) is 6.53. The molecule has 1 heterocycles. The van der Waals surface area contributed by atoms with Crippen molar-refractivity contribution in [2.75, 3.05) is 11.9 Å². The molecule has 1 aromatic carbocycles. The van der Waals surface area contributed by atoms with E-state index in [2.05, 4.69) is 10.6 Å². The standard InChI is InChI=1S/C13H19N3O3S.ClH/c1-9-4-5-11(7-12(9)20(14,18)19)16-13(17)8-10-3-2-6-15-10;/h4-5,7,10,15H,2-3,6,8H2,1H3,(H,16,17)(H2,14,18,19);1H. The van der Waals surface area contributed by atoms with Crippen molar-refractivity contribution in [1.29, 1.82) is 0 Å². The molecule has 1 fully saturated rings. The first-order valence-corrected chi connectivity index (χ1v) is 8.07. The van der Waals surface area contributed by atoms with E-state index in [0.29, 0.717) is 17.7 Å². The number of hydrogen-bond donors (Lipinski definition) is 3. The molecule has 0 spiro atoms. The molecular weight excluding hydrogens is 314 g/mol. The number of nitrogens with one attached hydrogen (secondary N) is 2. The maximum absolute atomic E-state index is 11.9. The minimum absolute atomic E-state index is 0. The van der Waals surface area contributed by atoms with Crippen LogP contribution in [0.1, 0.15) is 24.8 Å². The summed E-state index contributed by atoms with van der Waals surface area (Å²) in [5, 5.41) is 11.1. The molecule has 0 bridgehead atoms. The Morgan fingerprint density at radius 3 is 2.76 bits per heavy atom. The smallest absolute Gasteiger partial charge is 0.238 e. The van der Waals surface area contributed by atoms with Crippen molar-refractivity contribution in [3.8, 4) is 0 Å². The number of aryl methyl sites for hydroxylation is 1. The number of nitrogens with two attached hydrogens (primary N) is 1. The zero-order chi connectivity index (χ0) is 14.8. The molecule has 0 aromatic heterocycles. The van der Waals surface area contributed by atoms with Gasteiger partial charge in [-0.15, -0.1) is 12.4 Å². The summed E-state index contributed by atoms with van der Waals surface area (Å²) < 4.78 is 22.9. The zero-order valence-electron chi connectivity index (χ0n) is 11.8. The third-order valence-corrected chi connectivity index (χ3v) is 4.43. The molecule has 1 aliphatic heterocycles. The monoisotopic (exact) mass is 333 g/mol. The summed E-state index contributed by atoms with van der Waals surface area (Å²) in [7, 11) is -3.78. The van der Waals surface area contributed by atoms with Gasteiger partial charge in [-0.1, -0.05) is 6.07 Å². The zero-order valence-corrected chi connectivity index (χ0v) is 13.4. The van der Waals surface area contributed by atoms with Gasteiger partial charge < -0.3 is 10.6 Å². The lowest BCUT2D eigenvalue weighted by atomic mass is 10.1. The van der Waals surface area contributed by atoms with Crippen LogP contribution < -0.4 is 15.8 Å². The summed E-state index contributed by atoms with van der Waals surface area (Å²) in [6, 6.07) is 4.90. The second kappa shape index (κ2) is 7.22. The van der Waals surface area contributed by atoms with Crippen molar-refractivity contribution in [1.82, 2.24) is 5.32 Å². The molecule has 0 saturated carbocycles. The predicted molar refractivity (Wildman–Crippen MR) is 84.1 cm³/mol. The summed E-state index contributed by atoms with van der Waals surface area (Å²) >= 11 is 0. The van der Waals surface area contributed by atoms with E-state index >= 15 is 0 Å². The molecular formula is C13H20ClN3O3S. The lowest BCUT2D eigenvalue weighted by Gasteiger charge is -2.12. The van der Waals surface area contributed by atoms with E-state index in [4.69, 9.17) is 5.14 Å². The second-order valence-electron chi connectivity index (χ2n) is 5.07. The predicted octanol–water partition coefficient (Wildman–Crippen LogP) is 1.14. The Balaban J connectivity index is 0.00000220. The summed E-state index contributed by atoms with van der Waals surface area (Å²) in [4.78, 5) is 11.9. The molecule has 21 heavy (non-hydrogen) atoms. The Labute approximate surface area is 130 Å². The average Bonchev–Trinajstić information content (AvgIpc) is 2.83. The number of amides is 1. The fourth-order valence-corrected chi connectivity index (χ4v) is 3.16. The van der Waals surface area contributed by atoms with Crippen LogP contribution in [0.15, 0.2) is 23.1 Å². The minimum Gasteiger partial charge on any atom is -0.326 e. The molecule has 4 N–H and O–H groups in total. The third-order valence-electron chi connectivity index (χ3n) is 3.37. The van der Waals surface area contributed by atoms with Gasteiger partial charge in [-0.3, -0.25) is 4.79 Å². The maximum atomic E-state index is 11.9. The quantitative estimate of drug-likeness (QED) is 0.769. The van der Waals surface area contributed by atoms with Gasteiger partial charge in [-0.05, 0) is 44.0 Å². The number of benzene rings is 1. The van der Waals surface area contributed by atoms with Crippen LogP contribution in [0.25, 0.3) is 0 Å². The normalized spacial score (nSPS) is 18.1. The molecule has 0 aliphatic carbocycles. The molecule has 1 atom stereocenters. The van der Waals surface area contributed by atoms with E-state index in [-0.39, 0.29) is 29.3 Å². The van der Waals surface area contributed by atoms with Crippen molar-refractivity contribution >= 4 is 34.0 Å². The van der Waals surface area contributed by atoms with Crippen molar-refractivity contribution in [2.45, 2.75) is 37.1 Å². The number of carbonyl (C=O) groups excluding carboxylic acids is 1. The summed E-state index contributed by atoms with van der Waals surface area (Å²) in [5.74, 6) is -0.131. The Hall–Kier alpha value is -1.15. The third kappa shape index (κ3) is 4.96. The molecule has 118 valence electrons. The van der Waals surface area contributed by atoms with Gasteiger partial charge >= 0.3 is 0 Å². The van der Waals surface area contributed by atoms with Crippen LogP contribution in [0.2, 0.25) is 0 Å². The van der Waals surface area contributed by atoms with Crippen LogP contribution in [0.4, 0.5) is 5.69 Å². The maximum Gasteiger partial charge on any atom is 0.238 e. The first kappa shape index (κ1) is 17.9. The summed E-state index contributed by atoms with van der Waals surface area (Å²) in [6.45, 7) is 2.60. The number of halogens is 1. The molecule has 6 nitrogen and oxygen atoms in total. The van der Waals surface area contributed by atoms with Crippen LogP contribution in [0.5, 0.6) is 0 Å². The lowest BCUT2D eigenvalue weighted by molar-refractivity contribution is -0.116. The molecule has 8 heteroatoms. The van der Waals surface area contributed by atoms with Gasteiger partial charge in [0.1, 0.15) is 0 Å². The largest absolute Gasteiger partial charge is 0.326 e. The highest BCUT2D eigenvalue weighted by Crippen LogP contribution is 2.19. The van der Waals surface area contributed by atoms with Gasteiger partial charge in [-0.2, -0.15) is 0 Å². The summed E-state index contributed by atoms with van der Waals surface area (Å²) in [6.07, 6.45) is 2.46. The van der Waals surface area contributed by atoms with Crippen LogP contribution in [-0.2, 0) is 14.8 Å². The highest BCUT2D eigenvalue weighted by atomic mass is 35.5. The van der Waals surface area contributed by atoms with Gasteiger partial charge in [-0.25, -0.2) is 13.6 Å². The van der Waals surface area contributed by atoms with Crippen LogP contribution in [-0.4, -0.2) is 26.9 Å². The van der Waals surface area contributed by atoms with Gasteiger partial charge in [0.15, 0.2) is 0 Å². The lowest BCUT2D eigenvalue weighted by Crippen LogP contribution is -2.27. The van der Waals surface area contributed by atoms with E-state index in [9.17, 15) is 13.2 Å². The first-order chi connectivity index (χ1) is 9.36. The van der Waals surface area contributed by atoms with Gasteiger partial charge in [0.25, 0.3) is 0 Å². The average molecular weight is 334 g/mol. The van der Waals surface area contributed by atoms with Crippen LogP contribution in [0.3, 0.4) is 0 Å². The number of hydrogen-bond acceptors (Lipinski definition) is 4. The van der Waals surface area contributed by atoms with Crippen molar-refractivity contribution in [2.24, 2.45) is 5.14 Å². The minimum atomic E-state index is -3.78. The topological polar surface area (TPSA) is 101 Å². The Morgan fingerprint density at radius 2 is 2.19 bits per heavy atom. The Bertz CT molecular complexity index is 613. The van der Waals surface area contributed by atoms with E-state index in [1.54, 1.807) is 19.1 Å². The fourth-order valence-electron chi connectivity index (χ4n) is 2.35. The SMILES string of the molecule is Cc1ccc(NC(=O)CC2CCCN2)cc1S(N)(=O)=O.Cl. The van der Waals surface area contributed by atoms with Crippen molar-refractivity contribution < 1.29 is 13.2 Å². The summed E-state index contributed by atoms with van der Waals surface area (Å²) in [5.41, 5.74) is 1.01. The second-order valence-corrected chi connectivity index (χ2v) is 6.60. The molecule has 1 saturated heterocycles. The fraction of sp³-hybridized carbons (Fsp3) is 0.462. The van der Waals surface area contributed by atoms with E-state index in [1.807, 2.05) is 0 Å². The number of sulfonamides is 1. The van der Waals surface area contributed by atoms with Crippen molar-refractivity contribution in [3.05, 3.63) is 23.8 Å². The highest BCUT2D eigenvalue weighted by molar-refractivity contribution is 7.89. The van der Waals surface area contributed by atoms with E-state index < -0.39 is 10.0 Å². The number of carbonyl (C=O) groups is 1. The number of anilines is 1. The van der Waals surface area contributed by atoms with Gasteiger partial charge in [0, 0.05) is 18.2 Å². The van der Waals surface area contributed by atoms with Crippen LogP contribution >= 0.6 is 12.4 Å². The highest BCUT2D eigenvalue weighted by Gasteiger charge is 2.18. The van der Waals surface area contributed by atoms with E-state index in [1.165, 1.54) is 6.07 Å². The molecule has 0 radical (unpaired) electrons. The Kier molecular flexibility index (Phi) is 6.15. The van der Waals surface area contributed by atoms with Gasteiger partial charge in [0.2, 0.25) is 15.9 Å². The van der Waals surface area contributed by atoms with Gasteiger partial charge in [0.05, 0.1) is 4.90 Å². The molecule has 1 unspecified atom stereocenters. The molecule has 1 aliphatic rings. The van der Waals surface area contributed by atoms with Crippen molar-refractivity contribution in [3.63, 3.8) is 0 Å². The molecule has 1 amide bonds. The Morgan fingerprint density at radius 1 is 1.48 bits per heavy atom. The molecule has 2 rings (SSSR count).